The number of sulfone groups is 1. The van der Waals surface area contributed by atoms with Crippen LogP contribution in [0.1, 0.15) is 21.5 Å². The van der Waals surface area contributed by atoms with Gasteiger partial charge in [0.05, 0.1) is 10.5 Å². The number of hydrogen-bond acceptors (Lipinski definition) is 6. The first-order valence-corrected chi connectivity index (χ1v) is 11.6. The van der Waals surface area contributed by atoms with Gasteiger partial charge in [-0.15, -0.1) is 0 Å². The number of aryl methyl sites for hydroxylation is 2. The fraction of sp³-hybridized carbons (Fsp3) is 0.167. The Morgan fingerprint density at radius 3 is 2.06 bits per heavy atom. The lowest BCUT2D eigenvalue weighted by Crippen LogP contribution is -2.21. The molecule has 0 aromatic heterocycles. The fourth-order valence-corrected chi connectivity index (χ4v) is 3.45. The maximum Gasteiger partial charge on any atom is 0.338 e. The van der Waals surface area contributed by atoms with Gasteiger partial charge >= 0.3 is 5.97 Å². The van der Waals surface area contributed by atoms with Crippen molar-refractivity contribution in [3.8, 4) is 11.5 Å². The van der Waals surface area contributed by atoms with E-state index in [0.717, 1.165) is 11.8 Å². The summed E-state index contributed by atoms with van der Waals surface area (Å²) < 4.78 is 34.2. The number of amides is 1. The zero-order chi connectivity index (χ0) is 23.3. The average Bonchev–Trinajstić information content (AvgIpc) is 2.74. The maximum absolute atomic E-state index is 12.3. The van der Waals surface area contributed by atoms with Gasteiger partial charge in [0.2, 0.25) is 0 Å². The summed E-state index contributed by atoms with van der Waals surface area (Å²) in [4.78, 5) is 24.5. The van der Waals surface area contributed by atoms with Gasteiger partial charge in [0.1, 0.15) is 11.5 Å². The normalized spacial score (nSPS) is 11.0. The summed E-state index contributed by atoms with van der Waals surface area (Å²) in [5.74, 6) is 0.0153. The largest absolute Gasteiger partial charge is 0.457 e. The molecular weight excluding hydrogens is 430 g/mol. The summed E-state index contributed by atoms with van der Waals surface area (Å²) in [7, 11) is -3.47. The number of rotatable bonds is 7. The second-order valence-electron chi connectivity index (χ2n) is 7.31. The van der Waals surface area contributed by atoms with Gasteiger partial charge in [-0.25, -0.2) is 13.2 Å². The number of carbonyl (C=O) groups excluding carboxylic acids is 2. The SMILES string of the molecule is Cc1ccc(Oc2ccc(NC(=O)COC(=O)c3cc(S(C)(=O)=O)ccc3C)cc2)cc1. The van der Waals surface area contributed by atoms with Crippen molar-refractivity contribution in [3.05, 3.63) is 83.4 Å². The monoisotopic (exact) mass is 453 g/mol. The second-order valence-corrected chi connectivity index (χ2v) is 9.33. The Hall–Kier alpha value is -3.65. The summed E-state index contributed by atoms with van der Waals surface area (Å²) >= 11 is 0. The Morgan fingerprint density at radius 1 is 0.875 bits per heavy atom. The van der Waals surface area contributed by atoms with E-state index in [9.17, 15) is 18.0 Å². The van der Waals surface area contributed by atoms with Crippen molar-refractivity contribution in [1.29, 1.82) is 0 Å². The van der Waals surface area contributed by atoms with Gasteiger partial charge in [-0.1, -0.05) is 23.8 Å². The molecule has 32 heavy (non-hydrogen) atoms. The van der Waals surface area contributed by atoms with E-state index >= 15 is 0 Å². The highest BCUT2D eigenvalue weighted by Crippen LogP contribution is 2.23. The van der Waals surface area contributed by atoms with Crippen molar-refractivity contribution in [2.75, 3.05) is 18.2 Å². The summed E-state index contributed by atoms with van der Waals surface area (Å²) in [5.41, 5.74) is 2.29. The molecule has 0 bridgehead atoms. The van der Waals surface area contributed by atoms with Gasteiger partial charge in [0.15, 0.2) is 16.4 Å². The predicted molar refractivity (Wildman–Crippen MR) is 121 cm³/mol. The predicted octanol–water partition coefficient (Wildman–Crippen LogP) is 4.29. The minimum absolute atomic E-state index is 0.00690. The molecule has 0 spiro atoms. The number of benzene rings is 3. The highest BCUT2D eigenvalue weighted by atomic mass is 32.2. The molecule has 0 saturated carbocycles. The van der Waals surface area contributed by atoms with Gasteiger partial charge in [0.25, 0.3) is 5.91 Å². The van der Waals surface area contributed by atoms with Crippen molar-refractivity contribution < 1.29 is 27.5 Å². The molecule has 3 aromatic carbocycles. The third kappa shape index (κ3) is 6.18. The van der Waals surface area contributed by atoms with Gasteiger partial charge < -0.3 is 14.8 Å². The lowest BCUT2D eigenvalue weighted by molar-refractivity contribution is -0.119. The lowest BCUT2D eigenvalue weighted by atomic mass is 10.1. The number of esters is 1. The molecule has 8 heteroatoms. The standard InChI is InChI=1S/C24H23NO6S/c1-16-4-9-19(10-5-16)31-20-11-7-18(8-12-20)25-23(26)15-30-24(27)22-14-21(32(3,28)29)13-6-17(22)2/h4-14H,15H2,1-3H3,(H,25,26). The van der Waals surface area contributed by atoms with Crippen LogP contribution in [0.2, 0.25) is 0 Å². The van der Waals surface area contributed by atoms with Crippen molar-refractivity contribution in [1.82, 2.24) is 0 Å². The van der Waals surface area contributed by atoms with Crippen LogP contribution in [-0.2, 0) is 19.4 Å². The Morgan fingerprint density at radius 2 is 1.47 bits per heavy atom. The van der Waals surface area contributed by atoms with Crippen LogP contribution in [0.5, 0.6) is 11.5 Å². The quantitative estimate of drug-likeness (QED) is 0.536. The maximum atomic E-state index is 12.3. The Labute approximate surface area is 186 Å². The molecule has 0 fully saturated rings. The fourth-order valence-electron chi connectivity index (χ4n) is 2.81. The lowest BCUT2D eigenvalue weighted by Gasteiger charge is -2.10. The summed E-state index contributed by atoms with van der Waals surface area (Å²) in [6, 6.07) is 18.6. The van der Waals surface area contributed by atoms with Crippen LogP contribution >= 0.6 is 0 Å². The van der Waals surface area contributed by atoms with Gasteiger partial charge in [-0.05, 0) is 67.9 Å². The van der Waals surface area contributed by atoms with Crippen LogP contribution in [0.3, 0.4) is 0 Å². The highest BCUT2D eigenvalue weighted by molar-refractivity contribution is 7.90. The van der Waals surface area contributed by atoms with Crippen LogP contribution < -0.4 is 10.1 Å². The Kier molecular flexibility index (Phi) is 6.95. The molecule has 1 amide bonds. The van der Waals surface area contributed by atoms with Gasteiger partial charge in [0, 0.05) is 11.9 Å². The molecule has 0 aliphatic heterocycles. The molecule has 0 atom stereocenters. The summed E-state index contributed by atoms with van der Waals surface area (Å²) in [6.45, 7) is 3.14. The third-order valence-corrected chi connectivity index (χ3v) is 5.70. The Balaban J connectivity index is 1.56. The second kappa shape index (κ2) is 9.65. The third-order valence-electron chi connectivity index (χ3n) is 4.59. The van der Waals surface area contributed by atoms with Gasteiger partial charge in [-0.3, -0.25) is 4.79 Å². The van der Waals surface area contributed by atoms with E-state index in [1.54, 1.807) is 31.2 Å². The molecule has 0 saturated heterocycles. The van der Waals surface area contributed by atoms with Crippen LogP contribution in [0.25, 0.3) is 0 Å². The number of hydrogen-bond donors (Lipinski definition) is 1. The molecule has 166 valence electrons. The van der Waals surface area contributed by atoms with E-state index in [1.165, 1.54) is 18.2 Å². The van der Waals surface area contributed by atoms with Crippen molar-refractivity contribution >= 4 is 27.4 Å². The topological polar surface area (TPSA) is 98.8 Å². The zero-order valence-corrected chi connectivity index (χ0v) is 18.7. The molecule has 0 unspecified atom stereocenters. The van der Waals surface area contributed by atoms with E-state index in [-0.39, 0.29) is 10.5 Å². The minimum atomic E-state index is -3.47. The van der Waals surface area contributed by atoms with Crippen LogP contribution in [-0.4, -0.2) is 33.2 Å². The van der Waals surface area contributed by atoms with E-state index in [4.69, 9.17) is 9.47 Å². The Bertz CT molecular complexity index is 1230. The summed E-state index contributed by atoms with van der Waals surface area (Å²) in [5, 5.41) is 2.63. The molecule has 0 aliphatic rings. The minimum Gasteiger partial charge on any atom is -0.457 e. The first-order chi connectivity index (χ1) is 15.1. The van der Waals surface area contributed by atoms with Crippen molar-refractivity contribution in [3.63, 3.8) is 0 Å². The number of nitrogens with one attached hydrogen (secondary N) is 1. The van der Waals surface area contributed by atoms with Crippen LogP contribution in [0, 0.1) is 13.8 Å². The molecule has 0 aliphatic carbocycles. The first-order valence-electron chi connectivity index (χ1n) is 9.74. The molecule has 3 rings (SSSR count). The number of carbonyl (C=O) groups is 2. The van der Waals surface area contributed by atoms with Crippen LogP contribution in [0.15, 0.2) is 71.6 Å². The molecule has 3 aromatic rings. The number of ether oxygens (including phenoxy) is 2. The van der Waals surface area contributed by atoms with Gasteiger partial charge in [-0.2, -0.15) is 0 Å². The number of anilines is 1. The first kappa shape index (κ1) is 23.0. The smallest absolute Gasteiger partial charge is 0.338 e. The molecule has 1 N–H and O–H groups in total. The van der Waals surface area contributed by atoms with E-state index in [0.29, 0.717) is 22.7 Å². The average molecular weight is 454 g/mol. The molecule has 0 heterocycles. The molecule has 7 nitrogen and oxygen atoms in total. The highest BCUT2D eigenvalue weighted by Gasteiger charge is 2.17. The van der Waals surface area contributed by atoms with Crippen molar-refractivity contribution in [2.24, 2.45) is 0 Å². The molecule has 0 radical (unpaired) electrons. The van der Waals surface area contributed by atoms with E-state index in [1.807, 2.05) is 31.2 Å². The molecular formula is C24H23NO6S. The summed E-state index contributed by atoms with van der Waals surface area (Å²) in [6.07, 6.45) is 1.05. The zero-order valence-electron chi connectivity index (χ0n) is 17.9. The van der Waals surface area contributed by atoms with E-state index < -0.39 is 28.3 Å². The van der Waals surface area contributed by atoms with E-state index in [2.05, 4.69) is 5.32 Å². The van der Waals surface area contributed by atoms with Crippen molar-refractivity contribution in [2.45, 2.75) is 18.7 Å². The van der Waals surface area contributed by atoms with Crippen LogP contribution in [0.4, 0.5) is 5.69 Å².